The maximum Gasteiger partial charge on any atom is 0.0451 e. The molecular formula is C13H19ClN2. The van der Waals surface area contributed by atoms with E-state index in [0.29, 0.717) is 6.04 Å². The highest BCUT2D eigenvalue weighted by Gasteiger charge is 2.16. The summed E-state index contributed by atoms with van der Waals surface area (Å²) in [7, 11) is 2.16. The molecule has 3 heteroatoms. The van der Waals surface area contributed by atoms with Crippen molar-refractivity contribution in [2.45, 2.75) is 25.4 Å². The Morgan fingerprint density at radius 3 is 2.94 bits per heavy atom. The number of likely N-dealkylation sites (N-methyl/N-ethyl adjacent to an activating group) is 1. The van der Waals surface area contributed by atoms with Gasteiger partial charge in [0, 0.05) is 24.2 Å². The lowest BCUT2D eigenvalue weighted by atomic mass is 10.2. The summed E-state index contributed by atoms with van der Waals surface area (Å²) in [6.45, 7) is 3.20. The third-order valence-electron chi connectivity index (χ3n) is 3.09. The lowest BCUT2D eigenvalue weighted by Gasteiger charge is -2.21. The third kappa shape index (κ3) is 3.21. The van der Waals surface area contributed by atoms with Crippen molar-refractivity contribution in [3.05, 3.63) is 34.9 Å². The standard InChI is InChI=1S/C13H19ClN2/c1-16(10-12-6-4-8-15-12)9-11-5-2-3-7-13(11)14/h2-3,5,7,12,15H,4,6,8-10H2,1H3/t12-/m1/s1. The van der Waals surface area contributed by atoms with Gasteiger partial charge in [0.15, 0.2) is 0 Å². The summed E-state index contributed by atoms with van der Waals surface area (Å²) in [6, 6.07) is 8.74. The summed E-state index contributed by atoms with van der Waals surface area (Å²) < 4.78 is 0. The fraction of sp³-hybridized carbons (Fsp3) is 0.538. The summed E-state index contributed by atoms with van der Waals surface area (Å²) >= 11 is 6.14. The van der Waals surface area contributed by atoms with E-state index in [4.69, 9.17) is 11.6 Å². The van der Waals surface area contributed by atoms with E-state index in [2.05, 4.69) is 23.3 Å². The van der Waals surface area contributed by atoms with Crippen molar-refractivity contribution in [3.8, 4) is 0 Å². The van der Waals surface area contributed by atoms with Gasteiger partial charge in [0.1, 0.15) is 0 Å². The monoisotopic (exact) mass is 238 g/mol. The Bertz CT molecular complexity index is 334. The van der Waals surface area contributed by atoms with Crippen LogP contribution in [-0.2, 0) is 6.54 Å². The summed E-state index contributed by atoms with van der Waals surface area (Å²) in [5.74, 6) is 0. The maximum atomic E-state index is 6.14. The molecule has 2 rings (SSSR count). The quantitative estimate of drug-likeness (QED) is 0.867. The molecule has 0 spiro atoms. The van der Waals surface area contributed by atoms with Crippen LogP contribution in [0.4, 0.5) is 0 Å². The van der Waals surface area contributed by atoms with Gasteiger partial charge in [0.05, 0.1) is 0 Å². The van der Waals surface area contributed by atoms with Gasteiger partial charge in [0.2, 0.25) is 0 Å². The van der Waals surface area contributed by atoms with Crippen LogP contribution in [0.1, 0.15) is 18.4 Å². The average molecular weight is 239 g/mol. The van der Waals surface area contributed by atoms with Crippen LogP contribution in [0.25, 0.3) is 0 Å². The highest BCUT2D eigenvalue weighted by atomic mass is 35.5. The van der Waals surface area contributed by atoms with Gasteiger partial charge in [0.25, 0.3) is 0 Å². The molecule has 0 bridgehead atoms. The SMILES string of the molecule is CN(Cc1ccccc1Cl)C[C@H]1CCCN1. The molecule has 1 aliphatic heterocycles. The first kappa shape index (κ1) is 11.9. The van der Waals surface area contributed by atoms with Gasteiger partial charge >= 0.3 is 0 Å². The van der Waals surface area contributed by atoms with E-state index in [1.54, 1.807) is 0 Å². The van der Waals surface area contributed by atoms with Crippen LogP contribution < -0.4 is 5.32 Å². The number of hydrogen-bond donors (Lipinski definition) is 1. The van der Waals surface area contributed by atoms with Crippen LogP contribution in [0.3, 0.4) is 0 Å². The fourth-order valence-corrected chi connectivity index (χ4v) is 2.47. The lowest BCUT2D eigenvalue weighted by molar-refractivity contribution is 0.293. The number of nitrogens with one attached hydrogen (secondary N) is 1. The molecule has 88 valence electrons. The molecule has 1 N–H and O–H groups in total. The van der Waals surface area contributed by atoms with Crippen molar-refractivity contribution in [3.63, 3.8) is 0 Å². The van der Waals surface area contributed by atoms with Crippen LogP contribution in [0, 0.1) is 0 Å². The predicted molar refractivity (Wildman–Crippen MR) is 68.8 cm³/mol. The normalized spacial score (nSPS) is 20.6. The molecule has 1 fully saturated rings. The first-order chi connectivity index (χ1) is 7.75. The van der Waals surface area contributed by atoms with Gasteiger partial charge in [-0.2, -0.15) is 0 Å². The van der Waals surface area contributed by atoms with Crippen molar-refractivity contribution >= 4 is 11.6 Å². The van der Waals surface area contributed by atoms with Gasteiger partial charge in [-0.15, -0.1) is 0 Å². The molecule has 0 aliphatic carbocycles. The topological polar surface area (TPSA) is 15.3 Å². The summed E-state index contributed by atoms with van der Waals surface area (Å²) in [6.07, 6.45) is 2.61. The Morgan fingerprint density at radius 2 is 2.25 bits per heavy atom. The summed E-state index contributed by atoms with van der Waals surface area (Å²) in [5, 5.41) is 4.38. The lowest BCUT2D eigenvalue weighted by Crippen LogP contribution is -2.34. The van der Waals surface area contributed by atoms with Crippen molar-refractivity contribution in [2.24, 2.45) is 0 Å². The van der Waals surface area contributed by atoms with E-state index < -0.39 is 0 Å². The second kappa shape index (κ2) is 5.67. The van der Waals surface area contributed by atoms with Crippen molar-refractivity contribution < 1.29 is 0 Å². The number of rotatable bonds is 4. The summed E-state index contributed by atoms with van der Waals surface area (Å²) in [5.41, 5.74) is 1.21. The Balaban J connectivity index is 1.86. The van der Waals surface area contributed by atoms with Gasteiger partial charge in [-0.25, -0.2) is 0 Å². The first-order valence-corrected chi connectivity index (χ1v) is 6.29. The Labute approximate surface area is 103 Å². The molecule has 1 aromatic rings. The molecule has 16 heavy (non-hydrogen) atoms. The molecule has 0 amide bonds. The molecule has 1 saturated heterocycles. The fourth-order valence-electron chi connectivity index (χ4n) is 2.27. The molecule has 0 aromatic heterocycles. The average Bonchev–Trinajstić information content (AvgIpc) is 2.74. The zero-order valence-corrected chi connectivity index (χ0v) is 10.5. The highest BCUT2D eigenvalue weighted by Crippen LogP contribution is 2.17. The van der Waals surface area contributed by atoms with Crippen LogP contribution >= 0.6 is 11.6 Å². The molecular weight excluding hydrogens is 220 g/mol. The van der Waals surface area contributed by atoms with Gasteiger partial charge in [-0.3, -0.25) is 0 Å². The van der Waals surface area contributed by atoms with Crippen molar-refractivity contribution in [2.75, 3.05) is 20.1 Å². The van der Waals surface area contributed by atoms with Crippen LogP contribution in [-0.4, -0.2) is 31.1 Å². The molecule has 2 nitrogen and oxygen atoms in total. The molecule has 1 heterocycles. The van der Waals surface area contributed by atoms with Crippen LogP contribution in [0.2, 0.25) is 5.02 Å². The number of halogens is 1. The zero-order chi connectivity index (χ0) is 11.4. The molecule has 1 aliphatic rings. The van der Waals surface area contributed by atoms with Gasteiger partial charge < -0.3 is 10.2 Å². The smallest absolute Gasteiger partial charge is 0.0451 e. The van der Waals surface area contributed by atoms with Crippen LogP contribution in [0.15, 0.2) is 24.3 Å². The molecule has 0 unspecified atom stereocenters. The Kier molecular flexibility index (Phi) is 4.22. The number of hydrogen-bond acceptors (Lipinski definition) is 2. The van der Waals surface area contributed by atoms with E-state index in [0.717, 1.165) is 18.1 Å². The van der Waals surface area contributed by atoms with Crippen molar-refractivity contribution in [1.82, 2.24) is 10.2 Å². The largest absolute Gasteiger partial charge is 0.313 e. The van der Waals surface area contributed by atoms with E-state index in [1.807, 2.05) is 18.2 Å². The zero-order valence-electron chi connectivity index (χ0n) is 9.75. The summed E-state index contributed by atoms with van der Waals surface area (Å²) in [4.78, 5) is 2.34. The molecule has 1 aromatic carbocycles. The highest BCUT2D eigenvalue weighted by molar-refractivity contribution is 6.31. The second-order valence-electron chi connectivity index (χ2n) is 4.58. The van der Waals surface area contributed by atoms with Gasteiger partial charge in [-0.1, -0.05) is 29.8 Å². The minimum Gasteiger partial charge on any atom is -0.313 e. The number of nitrogens with zero attached hydrogens (tertiary/aromatic N) is 1. The van der Waals surface area contributed by atoms with Crippen LogP contribution in [0.5, 0.6) is 0 Å². The molecule has 0 saturated carbocycles. The minimum absolute atomic E-state index is 0.660. The van der Waals surface area contributed by atoms with E-state index in [-0.39, 0.29) is 0 Å². The second-order valence-corrected chi connectivity index (χ2v) is 4.99. The number of benzene rings is 1. The van der Waals surface area contributed by atoms with E-state index >= 15 is 0 Å². The van der Waals surface area contributed by atoms with Crippen molar-refractivity contribution in [1.29, 1.82) is 0 Å². The third-order valence-corrected chi connectivity index (χ3v) is 3.46. The Hall–Kier alpha value is -0.570. The van der Waals surface area contributed by atoms with Gasteiger partial charge in [-0.05, 0) is 38.1 Å². The van der Waals surface area contributed by atoms with E-state index in [9.17, 15) is 0 Å². The first-order valence-electron chi connectivity index (χ1n) is 5.91. The molecule has 1 atom stereocenters. The Morgan fingerprint density at radius 1 is 1.44 bits per heavy atom. The predicted octanol–water partition coefficient (Wildman–Crippen LogP) is 2.52. The molecule has 0 radical (unpaired) electrons. The minimum atomic E-state index is 0.660. The van der Waals surface area contributed by atoms with E-state index in [1.165, 1.54) is 24.9 Å². The maximum absolute atomic E-state index is 6.14.